The fraction of sp³-hybridized carbons (Fsp3) is 0.571. The molecule has 1 saturated heterocycles. The van der Waals surface area contributed by atoms with Crippen LogP contribution in [-0.2, 0) is 4.74 Å². The lowest BCUT2D eigenvalue weighted by molar-refractivity contribution is 0.0382. The molecule has 100 valence electrons. The van der Waals surface area contributed by atoms with E-state index in [9.17, 15) is 9.50 Å². The third-order valence-electron chi connectivity index (χ3n) is 3.38. The van der Waals surface area contributed by atoms with Crippen LogP contribution in [0, 0.1) is 5.82 Å². The molecule has 2 unspecified atom stereocenters. The van der Waals surface area contributed by atoms with Crippen molar-refractivity contribution in [3.05, 3.63) is 29.6 Å². The molecule has 0 bridgehead atoms. The van der Waals surface area contributed by atoms with Gasteiger partial charge in [0, 0.05) is 24.3 Å². The van der Waals surface area contributed by atoms with Crippen molar-refractivity contribution in [3.63, 3.8) is 0 Å². The molecule has 18 heavy (non-hydrogen) atoms. The molecule has 3 nitrogen and oxygen atoms in total. The third kappa shape index (κ3) is 2.65. The first-order valence-corrected chi connectivity index (χ1v) is 6.46. The Morgan fingerprint density at radius 1 is 1.56 bits per heavy atom. The lowest BCUT2D eigenvalue weighted by Gasteiger charge is -2.35. The predicted molar refractivity (Wildman–Crippen MR) is 69.3 cm³/mol. The summed E-state index contributed by atoms with van der Waals surface area (Å²) in [6.07, 6.45) is 0.323. The predicted octanol–water partition coefficient (Wildman–Crippen LogP) is 2.49. The molecule has 1 aromatic carbocycles. The Labute approximate surface area is 107 Å². The highest BCUT2D eigenvalue weighted by molar-refractivity contribution is 5.55. The van der Waals surface area contributed by atoms with Crippen molar-refractivity contribution in [2.75, 3.05) is 24.6 Å². The summed E-state index contributed by atoms with van der Waals surface area (Å²) in [5, 5.41) is 9.74. The first-order valence-electron chi connectivity index (χ1n) is 6.46. The van der Waals surface area contributed by atoms with Gasteiger partial charge >= 0.3 is 0 Å². The van der Waals surface area contributed by atoms with E-state index in [-0.39, 0.29) is 11.9 Å². The summed E-state index contributed by atoms with van der Waals surface area (Å²) >= 11 is 0. The van der Waals surface area contributed by atoms with Crippen LogP contribution < -0.4 is 4.90 Å². The zero-order valence-electron chi connectivity index (χ0n) is 10.9. The molecule has 0 aromatic heterocycles. The summed E-state index contributed by atoms with van der Waals surface area (Å²) < 4.78 is 19.4. The minimum absolute atomic E-state index is 0.184. The summed E-state index contributed by atoms with van der Waals surface area (Å²) in [6, 6.07) is 4.94. The molecular formula is C14H20FNO2. The van der Waals surface area contributed by atoms with Gasteiger partial charge in [-0.05, 0) is 25.5 Å². The van der Waals surface area contributed by atoms with Crippen molar-refractivity contribution in [3.8, 4) is 0 Å². The Balaban J connectivity index is 2.29. The largest absolute Gasteiger partial charge is 0.389 e. The van der Waals surface area contributed by atoms with E-state index in [1.54, 1.807) is 13.0 Å². The van der Waals surface area contributed by atoms with E-state index < -0.39 is 6.10 Å². The number of nitrogens with zero attached hydrogens (tertiary/aromatic N) is 1. The first kappa shape index (κ1) is 13.3. The van der Waals surface area contributed by atoms with E-state index in [2.05, 4.69) is 11.8 Å². The molecule has 0 saturated carbocycles. The number of aliphatic hydroxyl groups excluding tert-OH is 1. The van der Waals surface area contributed by atoms with Gasteiger partial charge in [0.2, 0.25) is 0 Å². The molecule has 0 radical (unpaired) electrons. The number of halogens is 1. The third-order valence-corrected chi connectivity index (χ3v) is 3.38. The second-order valence-corrected chi connectivity index (χ2v) is 4.70. The van der Waals surface area contributed by atoms with Crippen LogP contribution in [0.1, 0.15) is 31.9 Å². The highest BCUT2D eigenvalue weighted by Crippen LogP contribution is 2.30. The Morgan fingerprint density at radius 3 is 3.00 bits per heavy atom. The fourth-order valence-corrected chi connectivity index (χ4v) is 2.40. The SMILES string of the molecule is CCC1CN(c2cccc(F)c2C(C)O)CCO1. The van der Waals surface area contributed by atoms with E-state index in [4.69, 9.17) is 4.74 Å². The van der Waals surface area contributed by atoms with Gasteiger partial charge in [0.15, 0.2) is 0 Å². The van der Waals surface area contributed by atoms with Gasteiger partial charge in [-0.3, -0.25) is 0 Å². The highest BCUT2D eigenvalue weighted by atomic mass is 19.1. The van der Waals surface area contributed by atoms with Gasteiger partial charge in [-0.15, -0.1) is 0 Å². The Hall–Kier alpha value is -1.13. The maximum absolute atomic E-state index is 13.8. The molecule has 1 fully saturated rings. The molecular weight excluding hydrogens is 233 g/mol. The van der Waals surface area contributed by atoms with E-state index in [0.717, 1.165) is 25.2 Å². The van der Waals surface area contributed by atoms with Crippen molar-refractivity contribution in [1.82, 2.24) is 0 Å². The second-order valence-electron chi connectivity index (χ2n) is 4.70. The number of aliphatic hydroxyl groups is 1. The molecule has 2 atom stereocenters. The zero-order valence-corrected chi connectivity index (χ0v) is 10.9. The summed E-state index contributed by atoms with van der Waals surface area (Å²) in [7, 11) is 0. The monoisotopic (exact) mass is 253 g/mol. The zero-order chi connectivity index (χ0) is 13.1. The molecule has 0 aliphatic carbocycles. The van der Waals surface area contributed by atoms with E-state index >= 15 is 0 Å². The van der Waals surface area contributed by atoms with Gasteiger partial charge in [0.1, 0.15) is 5.82 Å². The first-order chi connectivity index (χ1) is 8.63. The summed E-state index contributed by atoms with van der Waals surface area (Å²) in [6.45, 7) is 5.81. The van der Waals surface area contributed by atoms with E-state index in [0.29, 0.717) is 12.2 Å². The van der Waals surface area contributed by atoms with Gasteiger partial charge in [-0.25, -0.2) is 4.39 Å². The highest BCUT2D eigenvalue weighted by Gasteiger charge is 2.23. The quantitative estimate of drug-likeness (QED) is 0.898. The van der Waals surface area contributed by atoms with Gasteiger partial charge in [-0.2, -0.15) is 0 Å². The Morgan fingerprint density at radius 2 is 2.33 bits per heavy atom. The number of hydrogen-bond acceptors (Lipinski definition) is 3. The minimum Gasteiger partial charge on any atom is -0.389 e. The molecule has 1 aromatic rings. The van der Waals surface area contributed by atoms with Crippen LogP contribution >= 0.6 is 0 Å². The Bertz CT molecular complexity index is 409. The average molecular weight is 253 g/mol. The van der Waals surface area contributed by atoms with Gasteiger partial charge in [0.25, 0.3) is 0 Å². The fourth-order valence-electron chi connectivity index (χ4n) is 2.40. The summed E-state index contributed by atoms with van der Waals surface area (Å²) in [5.74, 6) is -0.345. The van der Waals surface area contributed by atoms with Crippen molar-refractivity contribution < 1.29 is 14.2 Å². The summed E-state index contributed by atoms with van der Waals surface area (Å²) in [5.41, 5.74) is 1.17. The smallest absolute Gasteiger partial charge is 0.131 e. The minimum atomic E-state index is -0.802. The van der Waals surface area contributed by atoms with E-state index in [1.807, 2.05) is 6.07 Å². The summed E-state index contributed by atoms with van der Waals surface area (Å²) in [4.78, 5) is 2.10. The molecule has 1 N–H and O–H groups in total. The van der Waals surface area contributed by atoms with Crippen molar-refractivity contribution in [1.29, 1.82) is 0 Å². The second kappa shape index (κ2) is 5.67. The molecule has 4 heteroatoms. The van der Waals surface area contributed by atoms with Crippen LogP contribution in [-0.4, -0.2) is 30.9 Å². The number of hydrogen-bond donors (Lipinski definition) is 1. The van der Waals surface area contributed by atoms with Crippen LogP contribution in [0.15, 0.2) is 18.2 Å². The Kier molecular flexibility index (Phi) is 4.19. The number of rotatable bonds is 3. The number of morpholine rings is 1. The normalized spacial score (nSPS) is 22.0. The lowest BCUT2D eigenvalue weighted by Crippen LogP contribution is -2.42. The van der Waals surface area contributed by atoms with Gasteiger partial charge < -0.3 is 14.7 Å². The van der Waals surface area contributed by atoms with Crippen LogP contribution in [0.5, 0.6) is 0 Å². The van der Waals surface area contributed by atoms with Gasteiger partial charge in [-0.1, -0.05) is 13.0 Å². The van der Waals surface area contributed by atoms with Crippen LogP contribution in [0.2, 0.25) is 0 Å². The lowest BCUT2D eigenvalue weighted by atomic mass is 10.1. The van der Waals surface area contributed by atoms with Crippen molar-refractivity contribution >= 4 is 5.69 Å². The maximum Gasteiger partial charge on any atom is 0.131 e. The average Bonchev–Trinajstić information content (AvgIpc) is 2.38. The van der Waals surface area contributed by atoms with Crippen LogP contribution in [0.25, 0.3) is 0 Å². The molecule has 1 heterocycles. The van der Waals surface area contributed by atoms with Crippen LogP contribution in [0.3, 0.4) is 0 Å². The number of anilines is 1. The van der Waals surface area contributed by atoms with Crippen molar-refractivity contribution in [2.45, 2.75) is 32.5 Å². The van der Waals surface area contributed by atoms with Crippen molar-refractivity contribution in [2.24, 2.45) is 0 Å². The maximum atomic E-state index is 13.8. The van der Waals surface area contributed by atoms with Gasteiger partial charge in [0.05, 0.1) is 18.8 Å². The topological polar surface area (TPSA) is 32.7 Å². The molecule has 1 aliphatic rings. The van der Waals surface area contributed by atoms with Crippen LogP contribution in [0.4, 0.5) is 10.1 Å². The van der Waals surface area contributed by atoms with E-state index in [1.165, 1.54) is 6.07 Å². The molecule has 0 amide bonds. The molecule has 2 rings (SSSR count). The number of ether oxygens (including phenoxy) is 1. The number of benzene rings is 1. The molecule has 1 aliphatic heterocycles. The standard InChI is InChI=1S/C14H20FNO2/c1-3-11-9-16(7-8-18-11)13-6-4-5-12(15)14(13)10(2)17/h4-6,10-11,17H,3,7-9H2,1-2H3. The molecule has 0 spiro atoms.